The summed E-state index contributed by atoms with van der Waals surface area (Å²) in [4.78, 5) is 24.0. The number of benzene rings is 1. The number of piperazine rings is 1. The van der Waals surface area contributed by atoms with Crippen LogP contribution in [0, 0.1) is 0 Å². The molecule has 2 aromatic heterocycles. The Hall–Kier alpha value is -3.10. The fourth-order valence-corrected chi connectivity index (χ4v) is 4.66. The highest BCUT2D eigenvalue weighted by Gasteiger charge is 2.26. The van der Waals surface area contributed by atoms with E-state index in [-0.39, 0.29) is 12.5 Å². The first kappa shape index (κ1) is 20.8. The Labute approximate surface area is 188 Å². The van der Waals surface area contributed by atoms with Gasteiger partial charge in [0.15, 0.2) is 6.61 Å². The van der Waals surface area contributed by atoms with Crippen molar-refractivity contribution in [3.8, 4) is 17.0 Å². The first-order chi connectivity index (χ1) is 15.6. The molecule has 0 saturated carbocycles. The van der Waals surface area contributed by atoms with Crippen molar-refractivity contribution in [1.29, 1.82) is 0 Å². The highest BCUT2D eigenvalue weighted by atomic mass is 16.5. The molecule has 32 heavy (non-hydrogen) atoms. The zero-order valence-electron chi connectivity index (χ0n) is 18.8. The molecule has 1 amide bonds. The monoisotopic (exact) mass is 434 g/mol. The van der Waals surface area contributed by atoms with Crippen molar-refractivity contribution >= 4 is 22.9 Å². The maximum Gasteiger partial charge on any atom is 0.265 e. The van der Waals surface area contributed by atoms with Gasteiger partial charge >= 0.3 is 0 Å². The van der Waals surface area contributed by atoms with E-state index in [2.05, 4.69) is 21.1 Å². The van der Waals surface area contributed by atoms with Crippen LogP contribution in [0.4, 0.5) is 11.4 Å². The minimum atomic E-state index is -0.0195. The molecular weight excluding hydrogens is 404 g/mol. The first-order valence-electron chi connectivity index (χ1n) is 11.4. The highest BCUT2D eigenvalue weighted by Crippen LogP contribution is 2.37. The summed E-state index contributed by atoms with van der Waals surface area (Å²) in [6.07, 6.45) is 1.95. The Morgan fingerprint density at radius 2 is 1.81 bits per heavy atom. The molecule has 1 saturated heterocycles. The third kappa shape index (κ3) is 3.69. The van der Waals surface area contributed by atoms with Gasteiger partial charge in [0.25, 0.3) is 5.91 Å². The number of nitrogens with two attached hydrogens (primary N) is 1. The number of fused-ring (bicyclic) bond motifs is 2. The Kier molecular flexibility index (Phi) is 5.48. The predicted molar refractivity (Wildman–Crippen MR) is 126 cm³/mol. The molecule has 2 aliphatic heterocycles. The number of carbonyl (C=O) groups excluding carboxylic acids is 1. The molecule has 3 aromatic rings. The summed E-state index contributed by atoms with van der Waals surface area (Å²) >= 11 is 0. The van der Waals surface area contributed by atoms with E-state index in [1.807, 2.05) is 43.5 Å². The number of carbonyl (C=O) groups is 1. The van der Waals surface area contributed by atoms with E-state index >= 15 is 0 Å². The van der Waals surface area contributed by atoms with E-state index in [1.54, 1.807) is 4.90 Å². The van der Waals surface area contributed by atoms with E-state index < -0.39 is 0 Å². The number of nitrogens with zero attached hydrogens (tertiary/aromatic N) is 5. The minimum absolute atomic E-state index is 0.0195. The van der Waals surface area contributed by atoms with Crippen molar-refractivity contribution in [1.82, 2.24) is 19.2 Å². The van der Waals surface area contributed by atoms with Crippen LogP contribution in [0.1, 0.15) is 19.5 Å². The Morgan fingerprint density at radius 1 is 1.03 bits per heavy atom. The highest BCUT2D eigenvalue weighted by molar-refractivity contribution is 5.98. The van der Waals surface area contributed by atoms with Crippen LogP contribution in [0.25, 0.3) is 16.9 Å². The summed E-state index contributed by atoms with van der Waals surface area (Å²) in [5.41, 5.74) is 11.5. The second-order valence-electron chi connectivity index (χ2n) is 8.42. The smallest absolute Gasteiger partial charge is 0.265 e. The van der Waals surface area contributed by atoms with Gasteiger partial charge in [0.2, 0.25) is 0 Å². The molecule has 1 aromatic carbocycles. The lowest BCUT2D eigenvalue weighted by Crippen LogP contribution is -2.45. The van der Waals surface area contributed by atoms with Gasteiger partial charge in [0, 0.05) is 56.7 Å². The van der Waals surface area contributed by atoms with Crippen LogP contribution in [0.3, 0.4) is 0 Å². The summed E-state index contributed by atoms with van der Waals surface area (Å²) in [5.74, 6) is 0.717. The van der Waals surface area contributed by atoms with E-state index in [1.165, 1.54) is 0 Å². The van der Waals surface area contributed by atoms with Crippen molar-refractivity contribution in [2.24, 2.45) is 0 Å². The van der Waals surface area contributed by atoms with E-state index in [0.717, 1.165) is 73.3 Å². The average molecular weight is 435 g/mol. The number of hydrogen-bond acceptors (Lipinski definition) is 6. The number of likely N-dealkylation sites (N-methyl/N-ethyl adjacent to an activating group) is 2. The lowest BCUT2D eigenvalue weighted by Gasteiger charge is -2.34. The van der Waals surface area contributed by atoms with E-state index in [0.29, 0.717) is 12.2 Å². The zero-order valence-corrected chi connectivity index (χ0v) is 18.8. The van der Waals surface area contributed by atoms with E-state index in [9.17, 15) is 4.79 Å². The van der Waals surface area contributed by atoms with Crippen LogP contribution >= 0.6 is 0 Å². The van der Waals surface area contributed by atoms with Gasteiger partial charge in [-0.05, 0) is 43.8 Å². The number of aromatic nitrogens is 2. The second-order valence-corrected chi connectivity index (χ2v) is 8.42. The quantitative estimate of drug-likeness (QED) is 0.665. The molecule has 5 rings (SSSR count). The molecule has 2 aliphatic rings. The predicted octanol–water partition coefficient (Wildman–Crippen LogP) is 2.47. The third-order valence-corrected chi connectivity index (χ3v) is 6.52. The van der Waals surface area contributed by atoms with Crippen LogP contribution in [-0.2, 0) is 11.3 Å². The van der Waals surface area contributed by atoms with E-state index in [4.69, 9.17) is 15.5 Å². The lowest BCUT2D eigenvalue weighted by atomic mass is 10.1. The summed E-state index contributed by atoms with van der Waals surface area (Å²) < 4.78 is 7.77. The molecule has 0 atom stereocenters. The topological polar surface area (TPSA) is 79.3 Å². The van der Waals surface area contributed by atoms with Crippen molar-refractivity contribution < 1.29 is 9.53 Å². The number of amides is 1. The molecule has 1 fully saturated rings. The molecule has 0 spiro atoms. The second kappa shape index (κ2) is 8.44. The standard InChI is InChI=1S/C24H30N6O2/c1-3-27-9-11-28(12-10-27)15-20-24(26-22-8-6-18(25)14-30(20)22)17-5-7-21-19(13-17)29(4-2)23(31)16-32-21/h5-8,13-14H,3-4,9-12,15-16,25H2,1-2H3. The molecule has 8 heteroatoms. The number of hydrogen-bond donors (Lipinski definition) is 1. The maximum atomic E-state index is 12.4. The zero-order chi connectivity index (χ0) is 22.2. The Morgan fingerprint density at radius 3 is 2.56 bits per heavy atom. The van der Waals surface area contributed by atoms with Gasteiger partial charge in [-0.3, -0.25) is 9.69 Å². The molecule has 0 unspecified atom stereocenters. The number of pyridine rings is 1. The molecule has 0 bridgehead atoms. The molecule has 2 N–H and O–H groups in total. The maximum absolute atomic E-state index is 12.4. The van der Waals surface area contributed by atoms with Gasteiger partial charge in [0.05, 0.1) is 17.1 Å². The fraction of sp³-hybridized carbons (Fsp3) is 0.417. The average Bonchev–Trinajstić information content (AvgIpc) is 3.16. The van der Waals surface area contributed by atoms with Crippen molar-refractivity contribution in [3.05, 3.63) is 42.2 Å². The van der Waals surface area contributed by atoms with Crippen LogP contribution in [-0.4, -0.2) is 71.0 Å². The summed E-state index contributed by atoms with van der Waals surface area (Å²) in [6, 6.07) is 9.85. The molecule has 8 nitrogen and oxygen atoms in total. The fourth-order valence-electron chi connectivity index (χ4n) is 4.66. The molecule has 168 valence electrons. The Bertz CT molecular complexity index is 1150. The first-order valence-corrected chi connectivity index (χ1v) is 11.4. The van der Waals surface area contributed by atoms with Crippen molar-refractivity contribution in [2.45, 2.75) is 20.4 Å². The summed E-state index contributed by atoms with van der Waals surface area (Å²) in [7, 11) is 0. The third-order valence-electron chi connectivity index (χ3n) is 6.52. The SMILES string of the molecule is CCN1CCN(Cc2c(-c3ccc4c(c3)N(CC)C(=O)CO4)nc3ccc(N)cn23)CC1. The van der Waals surface area contributed by atoms with Crippen LogP contribution in [0.15, 0.2) is 36.5 Å². The number of ether oxygens (including phenoxy) is 1. The largest absolute Gasteiger partial charge is 0.482 e. The normalized spacial score (nSPS) is 17.6. The van der Waals surface area contributed by atoms with Gasteiger partial charge < -0.3 is 24.7 Å². The minimum Gasteiger partial charge on any atom is -0.482 e. The number of imidazole rings is 1. The molecule has 4 heterocycles. The summed E-state index contributed by atoms with van der Waals surface area (Å²) in [6.45, 7) is 11.0. The van der Waals surface area contributed by atoms with Gasteiger partial charge in [-0.1, -0.05) is 6.92 Å². The van der Waals surface area contributed by atoms with Gasteiger partial charge in [0.1, 0.15) is 11.4 Å². The summed E-state index contributed by atoms with van der Waals surface area (Å²) in [5, 5.41) is 0. The van der Waals surface area contributed by atoms with Crippen molar-refractivity contribution in [2.75, 3.05) is 56.5 Å². The van der Waals surface area contributed by atoms with Crippen LogP contribution in [0.2, 0.25) is 0 Å². The van der Waals surface area contributed by atoms with Crippen molar-refractivity contribution in [3.63, 3.8) is 0 Å². The molecule has 0 radical (unpaired) electrons. The van der Waals surface area contributed by atoms with Crippen LogP contribution in [0.5, 0.6) is 5.75 Å². The van der Waals surface area contributed by atoms with Gasteiger partial charge in [-0.15, -0.1) is 0 Å². The number of rotatable bonds is 5. The van der Waals surface area contributed by atoms with Gasteiger partial charge in [-0.2, -0.15) is 0 Å². The number of nitrogen functional groups attached to an aromatic ring is 1. The molecule has 0 aliphatic carbocycles. The number of anilines is 2. The Balaban J connectivity index is 1.56. The lowest BCUT2D eigenvalue weighted by molar-refractivity contribution is -0.121. The molecular formula is C24H30N6O2. The van der Waals surface area contributed by atoms with Gasteiger partial charge in [-0.25, -0.2) is 4.98 Å². The van der Waals surface area contributed by atoms with Crippen LogP contribution < -0.4 is 15.4 Å².